The smallest absolute Gasteiger partial charge is 0.372 e. The Hall–Kier alpha value is -3.88. The highest BCUT2D eigenvalue weighted by atomic mass is 19.1. The molecule has 2 saturated carbocycles. The number of para-hydroxylation sites is 1. The van der Waals surface area contributed by atoms with Crippen molar-refractivity contribution in [3.8, 4) is 0 Å². The molecular weight excluding hydrogens is 489 g/mol. The summed E-state index contributed by atoms with van der Waals surface area (Å²) in [4.78, 5) is 39.6. The first kappa shape index (κ1) is 24.5. The second-order valence-electron chi connectivity index (χ2n) is 10.5. The monoisotopic (exact) mass is 519 g/mol. The van der Waals surface area contributed by atoms with Gasteiger partial charge in [0.15, 0.2) is 0 Å². The highest BCUT2D eigenvalue weighted by Gasteiger charge is 2.27. The minimum Gasteiger partial charge on any atom is -0.475 e. The number of aromatic nitrogens is 2. The maximum Gasteiger partial charge on any atom is 0.372 e. The Morgan fingerprint density at radius 3 is 2.45 bits per heavy atom. The number of nitrogens with zero attached hydrogens (tertiary/aromatic N) is 2. The first-order chi connectivity index (χ1) is 18.4. The lowest BCUT2D eigenvalue weighted by Gasteiger charge is -2.25. The molecule has 2 aromatic carbocycles. The molecule has 8 nitrogen and oxygen atoms in total. The third kappa shape index (κ3) is 4.19. The van der Waals surface area contributed by atoms with Gasteiger partial charge in [0, 0.05) is 23.0 Å². The van der Waals surface area contributed by atoms with Crippen molar-refractivity contribution < 1.29 is 18.7 Å². The number of furan rings is 1. The van der Waals surface area contributed by atoms with Gasteiger partial charge in [-0.2, -0.15) is 0 Å². The van der Waals surface area contributed by atoms with E-state index < -0.39 is 23.0 Å². The minimum absolute atomic E-state index is 0.105. The molecule has 0 bridgehead atoms. The maximum absolute atomic E-state index is 15.4. The molecule has 2 aromatic heterocycles. The van der Waals surface area contributed by atoms with Crippen LogP contribution in [0.3, 0.4) is 0 Å². The van der Waals surface area contributed by atoms with Gasteiger partial charge in [-0.1, -0.05) is 50.3 Å². The lowest BCUT2D eigenvalue weighted by molar-refractivity contribution is 0.0663. The van der Waals surface area contributed by atoms with E-state index >= 15 is 4.39 Å². The summed E-state index contributed by atoms with van der Waals surface area (Å²) in [6.07, 6.45) is 8.75. The van der Waals surface area contributed by atoms with Gasteiger partial charge in [-0.25, -0.2) is 14.0 Å². The van der Waals surface area contributed by atoms with Crippen molar-refractivity contribution in [2.75, 3.05) is 5.32 Å². The van der Waals surface area contributed by atoms with Gasteiger partial charge in [-0.15, -0.1) is 0 Å². The molecule has 198 valence electrons. The molecule has 0 amide bonds. The van der Waals surface area contributed by atoms with Crippen molar-refractivity contribution >= 4 is 33.5 Å². The van der Waals surface area contributed by atoms with Crippen LogP contribution in [0.5, 0.6) is 0 Å². The number of rotatable bonds is 6. The summed E-state index contributed by atoms with van der Waals surface area (Å²) >= 11 is 0. The second kappa shape index (κ2) is 9.78. The number of nitrogens with one attached hydrogen (secondary N) is 1. The van der Waals surface area contributed by atoms with E-state index in [0.29, 0.717) is 22.2 Å². The summed E-state index contributed by atoms with van der Waals surface area (Å²) < 4.78 is 23.6. The number of carboxylic acid groups (broad SMARTS) is 1. The Kier molecular flexibility index (Phi) is 6.29. The van der Waals surface area contributed by atoms with Crippen molar-refractivity contribution in [1.82, 2.24) is 9.13 Å². The van der Waals surface area contributed by atoms with Gasteiger partial charge in [-0.05, 0) is 43.9 Å². The van der Waals surface area contributed by atoms with Crippen LogP contribution in [0.15, 0.2) is 50.4 Å². The molecule has 38 heavy (non-hydrogen) atoms. The third-order valence-electron chi connectivity index (χ3n) is 8.12. The first-order valence-corrected chi connectivity index (χ1v) is 13.4. The molecule has 2 fully saturated rings. The Bertz CT molecular complexity index is 1660. The summed E-state index contributed by atoms with van der Waals surface area (Å²) in [5.74, 6) is -2.14. The van der Waals surface area contributed by atoms with E-state index in [1.807, 2.05) is 0 Å². The van der Waals surface area contributed by atoms with Gasteiger partial charge in [0.1, 0.15) is 11.4 Å². The van der Waals surface area contributed by atoms with Gasteiger partial charge in [0.25, 0.3) is 5.56 Å². The van der Waals surface area contributed by atoms with Gasteiger partial charge in [0.2, 0.25) is 5.76 Å². The summed E-state index contributed by atoms with van der Waals surface area (Å²) in [7, 11) is 0. The number of carbonyl (C=O) groups is 1. The van der Waals surface area contributed by atoms with Crippen LogP contribution in [0, 0.1) is 5.82 Å². The van der Waals surface area contributed by atoms with E-state index in [1.165, 1.54) is 12.5 Å². The van der Waals surface area contributed by atoms with Crippen LogP contribution in [0.2, 0.25) is 0 Å². The number of halogens is 1. The van der Waals surface area contributed by atoms with Crippen LogP contribution in [0.25, 0.3) is 21.9 Å². The minimum atomic E-state index is -1.29. The average Bonchev–Trinajstić information content (AvgIpc) is 3.57. The lowest BCUT2D eigenvalue weighted by atomic mass is 9.95. The van der Waals surface area contributed by atoms with Crippen LogP contribution in [0.4, 0.5) is 10.1 Å². The Morgan fingerprint density at radius 2 is 1.71 bits per heavy atom. The first-order valence-electron chi connectivity index (χ1n) is 13.4. The molecule has 2 N–H and O–H groups in total. The molecule has 0 radical (unpaired) electrons. The summed E-state index contributed by atoms with van der Waals surface area (Å²) in [6.45, 7) is -0.289. The largest absolute Gasteiger partial charge is 0.475 e. The number of anilines is 1. The molecule has 0 aliphatic heterocycles. The molecule has 0 atom stereocenters. The van der Waals surface area contributed by atoms with Gasteiger partial charge in [0.05, 0.1) is 23.1 Å². The maximum atomic E-state index is 15.4. The van der Waals surface area contributed by atoms with E-state index in [0.717, 1.165) is 55.9 Å². The Labute approximate surface area is 217 Å². The molecular formula is C29H30FN3O5. The van der Waals surface area contributed by atoms with Gasteiger partial charge < -0.3 is 14.8 Å². The predicted molar refractivity (Wildman–Crippen MR) is 143 cm³/mol. The van der Waals surface area contributed by atoms with Crippen LogP contribution in [0.1, 0.15) is 79.9 Å². The van der Waals surface area contributed by atoms with Crippen LogP contribution in [-0.4, -0.2) is 26.3 Å². The third-order valence-corrected chi connectivity index (χ3v) is 8.12. The van der Waals surface area contributed by atoms with Crippen molar-refractivity contribution in [2.24, 2.45) is 0 Å². The lowest BCUT2D eigenvalue weighted by Crippen LogP contribution is -2.41. The molecule has 0 unspecified atom stereocenters. The van der Waals surface area contributed by atoms with Crippen molar-refractivity contribution in [1.29, 1.82) is 0 Å². The zero-order valence-corrected chi connectivity index (χ0v) is 21.0. The summed E-state index contributed by atoms with van der Waals surface area (Å²) in [6, 6.07) is 9.67. The highest BCUT2D eigenvalue weighted by Crippen LogP contribution is 2.33. The van der Waals surface area contributed by atoms with E-state index in [-0.39, 0.29) is 35.3 Å². The number of benzene rings is 2. The predicted octanol–water partition coefficient (Wildman–Crippen LogP) is 5.65. The van der Waals surface area contributed by atoms with E-state index in [9.17, 15) is 19.5 Å². The number of fused-ring (bicyclic) bond motifs is 2. The molecule has 2 heterocycles. The normalized spacial score (nSPS) is 17.0. The van der Waals surface area contributed by atoms with Crippen molar-refractivity contribution in [3.05, 3.63) is 74.4 Å². The van der Waals surface area contributed by atoms with Crippen molar-refractivity contribution in [2.45, 2.75) is 76.4 Å². The molecule has 9 heteroatoms. The fraction of sp³-hybridized carbons (Fsp3) is 0.414. The molecule has 6 rings (SSSR count). The standard InChI is InChI=1S/C29H30FN3O5/c30-22-14-20-24(15-23(22)31-17-8-2-1-3-9-17)33(18-10-4-5-11-18)29(37)32(27(20)34)16-21-19-12-6-7-13-25(19)38-26(21)28(35)36/h6-7,12-15,17-18,31H,1-5,8-11,16H2,(H,35,36). The van der Waals surface area contributed by atoms with Gasteiger partial charge >= 0.3 is 11.7 Å². The fourth-order valence-electron chi connectivity index (χ4n) is 6.22. The second-order valence-corrected chi connectivity index (χ2v) is 10.5. The molecule has 2 aliphatic rings. The SMILES string of the molecule is O=C(O)c1oc2ccccc2c1Cn1c(=O)c2cc(F)c(NC3CCCCC3)cc2n(C2CCCC2)c1=O. The molecule has 4 aromatic rings. The molecule has 0 spiro atoms. The molecule has 2 aliphatic carbocycles. The number of hydrogen-bond acceptors (Lipinski definition) is 5. The van der Waals surface area contributed by atoms with Crippen LogP contribution >= 0.6 is 0 Å². The van der Waals surface area contributed by atoms with Gasteiger partial charge in [-0.3, -0.25) is 13.9 Å². The molecule has 0 saturated heterocycles. The number of hydrogen-bond donors (Lipinski definition) is 2. The Balaban J connectivity index is 1.54. The quantitative estimate of drug-likeness (QED) is 0.341. The van der Waals surface area contributed by atoms with E-state index in [4.69, 9.17) is 4.42 Å². The summed E-state index contributed by atoms with van der Waals surface area (Å²) in [5, 5.41) is 13.7. The van der Waals surface area contributed by atoms with Crippen molar-refractivity contribution in [3.63, 3.8) is 0 Å². The Morgan fingerprint density at radius 1 is 1.00 bits per heavy atom. The number of carboxylic acids is 1. The number of aromatic carboxylic acids is 1. The highest BCUT2D eigenvalue weighted by molar-refractivity contribution is 5.95. The van der Waals surface area contributed by atoms with E-state index in [2.05, 4.69) is 5.32 Å². The summed E-state index contributed by atoms with van der Waals surface area (Å²) in [5.41, 5.74) is 0.144. The van der Waals surface area contributed by atoms with E-state index in [1.54, 1.807) is 34.9 Å². The zero-order chi connectivity index (χ0) is 26.4. The van der Waals surface area contributed by atoms with Crippen LogP contribution in [-0.2, 0) is 6.54 Å². The van der Waals surface area contributed by atoms with Crippen LogP contribution < -0.4 is 16.6 Å². The fourth-order valence-corrected chi connectivity index (χ4v) is 6.22. The topological polar surface area (TPSA) is 106 Å². The zero-order valence-electron chi connectivity index (χ0n) is 21.0. The average molecular weight is 520 g/mol.